The van der Waals surface area contributed by atoms with E-state index in [2.05, 4.69) is 35.3 Å². The highest BCUT2D eigenvalue weighted by atomic mass is 16.5. The Morgan fingerprint density at radius 2 is 2.35 bits per heavy atom. The van der Waals surface area contributed by atoms with E-state index in [9.17, 15) is 0 Å². The van der Waals surface area contributed by atoms with E-state index in [1.54, 1.807) is 0 Å². The molecule has 2 unspecified atom stereocenters. The van der Waals surface area contributed by atoms with E-state index in [0.717, 1.165) is 13.1 Å². The second-order valence-electron chi connectivity index (χ2n) is 4.95. The van der Waals surface area contributed by atoms with Gasteiger partial charge in [0.1, 0.15) is 0 Å². The van der Waals surface area contributed by atoms with Gasteiger partial charge in [-0.3, -0.25) is 0 Å². The Morgan fingerprint density at radius 1 is 1.47 bits per heavy atom. The van der Waals surface area contributed by atoms with Crippen LogP contribution in [0.4, 0.5) is 0 Å². The van der Waals surface area contributed by atoms with Crippen molar-refractivity contribution >= 4 is 0 Å². The van der Waals surface area contributed by atoms with Gasteiger partial charge in [-0.25, -0.2) is 0 Å². The molecule has 1 saturated carbocycles. The first-order chi connectivity index (χ1) is 8.33. The molecule has 3 heteroatoms. The highest BCUT2D eigenvalue weighted by Crippen LogP contribution is 2.21. The standard InChI is InChI=1S/C14H24N2O/c1-3-8-16-9-7-12(11-16)10-15-13-5-4-6-14(13)17-2/h7,9,11,13-15H,3-6,8,10H2,1-2H3. The van der Waals surface area contributed by atoms with Crippen LogP contribution in [0, 0.1) is 0 Å². The van der Waals surface area contributed by atoms with Crippen molar-refractivity contribution in [3.8, 4) is 0 Å². The molecule has 0 amide bonds. The number of rotatable bonds is 6. The van der Waals surface area contributed by atoms with Crippen LogP contribution >= 0.6 is 0 Å². The van der Waals surface area contributed by atoms with Gasteiger partial charge in [0.25, 0.3) is 0 Å². The predicted molar refractivity (Wildman–Crippen MR) is 70.0 cm³/mol. The van der Waals surface area contributed by atoms with Crippen LogP contribution in [0.2, 0.25) is 0 Å². The zero-order valence-corrected chi connectivity index (χ0v) is 11.0. The third-order valence-corrected chi connectivity index (χ3v) is 3.62. The number of ether oxygens (including phenoxy) is 1. The van der Waals surface area contributed by atoms with Gasteiger partial charge in [0.2, 0.25) is 0 Å². The number of hydrogen-bond acceptors (Lipinski definition) is 2. The molecule has 0 bridgehead atoms. The number of methoxy groups -OCH3 is 1. The highest BCUT2D eigenvalue weighted by molar-refractivity contribution is 5.10. The fourth-order valence-corrected chi connectivity index (χ4v) is 2.68. The molecule has 0 aromatic carbocycles. The van der Waals surface area contributed by atoms with Gasteiger partial charge < -0.3 is 14.6 Å². The van der Waals surface area contributed by atoms with Gasteiger partial charge in [-0.05, 0) is 37.3 Å². The average molecular weight is 236 g/mol. The Kier molecular flexibility index (Phi) is 4.63. The third kappa shape index (κ3) is 3.33. The SMILES string of the molecule is CCCn1ccc(CNC2CCCC2OC)c1. The lowest BCUT2D eigenvalue weighted by Crippen LogP contribution is -2.36. The van der Waals surface area contributed by atoms with Crippen LogP contribution in [0.5, 0.6) is 0 Å². The van der Waals surface area contributed by atoms with Crippen LogP contribution in [-0.4, -0.2) is 23.8 Å². The lowest BCUT2D eigenvalue weighted by molar-refractivity contribution is 0.0847. The average Bonchev–Trinajstić information content (AvgIpc) is 2.95. The summed E-state index contributed by atoms with van der Waals surface area (Å²) in [6.45, 7) is 4.28. The minimum absolute atomic E-state index is 0.410. The summed E-state index contributed by atoms with van der Waals surface area (Å²) in [5, 5.41) is 3.62. The normalized spacial score (nSPS) is 24.4. The van der Waals surface area contributed by atoms with Crippen LogP contribution in [-0.2, 0) is 17.8 Å². The Labute approximate surface area is 104 Å². The van der Waals surface area contributed by atoms with E-state index in [0.29, 0.717) is 12.1 Å². The summed E-state index contributed by atoms with van der Waals surface area (Å²) in [5.74, 6) is 0. The summed E-state index contributed by atoms with van der Waals surface area (Å²) in [5.41, 5.74) is 1.38. The number of hydrogen-bond donors (Lipinski definition) is 1. The molecule has 1 aliphatic carbocycles. The Hall–Kier alpha value is -0.800. The van der Waals surface area contributed by atoms with Crippen molar-refractivity contribution < 1.29 is 4.74 Å². The van der Waals surface area contributed by atoms with E-state index in [1.807, 2.05) is 7.11 Å². The van der Waals surface area contributed by atoms with Crippen LogP contribution < -0.4 is 5.32 Å². The van der Waals surface area contributed by atoms with Crippen LogP contribution in [0.3, 0.4) is 0 Å². The molecule has 1 fully saturated rings. The molecule has 0 spiro atoms. The van der Waals surface area contributed by atoms with Crippen molar-refractivity contribution in [2.45, 2.75) is 57.8 Å². The molecule has 1 aromatic heterocycles. The van der Waals surface area contributed by atoms with Crippen molar-refractivity contribution in [1.29, 1.82) is 0 Å². The number of aromatic nitrogens is 1. The molecule has 1 aliphatic rings. The van der Waals surface area contributed by atoms with Gasteiger partial charge in [-0.2, -0.15) is 0 Å². The summed E-state index contributed by atoms with van der Waals surface area (Å²) in [6.07, 6.45) is 9.74. The molecular weight excluding hydrogens is 212 g/mol. The fraction of sp³-hybridized carbons (Fsp3) is 0.714. The summed E-state index contributed by atoms with van der Waals surface area (Å²) in [7, 11) is 1.82. The van der Waals surface area contributed by atoms with Gasteiger partial charge >= 0.3 is 0 Å². The topological polar surface area (TPSA) is 26.2 Å². The van der Waals surface area contributed by atoms with Crippen molar-refractivity contribution in [3.63, 3.8) is 0 Å². The molecule has 1 aromatic rings. The Balaban J connectivity index is 1.80. The molecule has 2 rings (SSSR count). The first-order valence-corrected chi connectivity index (χ1v) is 6.74. The molecule has 96 valence electrons. The largest absolute Gasteiger partial charge is 0.380 e. The Morgan fingerprint density at radius 3 is 3.12 bits per heavy atom. The van der Waals surface area contributed by atoms with Crippen molar-refractivity contribution in [3.05, 3.63) is 24.0 Å². The molecule has 0 radical (unpaired) electrons. The molecule has 2 atom stereocenters. The first kappa shape index (κ1) is 12.7. The Bertz CT molecular complexity index is 335. The van der Waals surface area contributed by atoms with E-state index in [1.165, 1.54) is 31.2 Å². The van der Waals surface area contributed by atoms with Crippen LogP contribution in [0.25, 0.3) is 0 Å². The summed E-state index contributed by atoms with van der Waals surface area (Å²) in [6, 6.07) is 2.74. The maximum Gasteiger partial charge on any atom is 0.0724 e. The molecule has 1 heterocycles. The predicted octanol–water partition coefficient (Wildman–Crippen LogP) is 2.56. The summed E-state index contributed by atoms with van der Waals surface area (Å²) in [4.78, 5) is 0. The lowest BCUT2D eigenvalue weighted by Gasteiger charge is -2.19. The third-order valence-electron chi connectivity index (χ3n) is 3.62. The van der Waals surface area contributed by atoms with Crippen LogP contribution in [0.15, 0.2) is 18.5 Å². The lowest BCUT2D eigenvalue weighted by atomic mass is 10.2. The van der Waals surface area contributed by atoms with Gasteiger partial charge in [0.05, 0.1) is 6.10 Å². The van der Waals surface area contributed by atoms with Gasteiger partial charge in [-0.15, -0.1) is 0 Å². The number of nitrogens with zero attached hydrogens (tertiary/aromatic N) is 1. The molecule has 17 heavy (non-hydrogen) atoms. The van der Waals surface area contributed by atoms with Gasteiger partial charge in [0, 0.05) is 38.6 Å². The maximum atomic E-state index is 5.49. The minimum Gasteiger partial charge on any atom is -0.380 e. The summed E-state index contributed by atoms with van der Waals surface area (Å²) >= 11 is 0. The molecule has 1 N–H and O–H groups in total. The van der Waals surface area contributed by atoms with E-state index in [4.69, 9.17) is 4.74 Å². The van der Waals surface area contributed by atoms with Crippen LogP contribution in [0.1, 0.15) is 38.2 Å². The molecule has 0 saturated heterocycles. The van der Waals surface area contributed by atoms with Gasteiger partial charge in [-0.1, -0.05) is 6.92 Å². The smallest absolute Gasteiger partial charge is 0.0724 e. The maximum absolute atomic E-state index is 5.49. The van der Waals surface area contributed by atoms with Gasteiger partial charge in [0.15, 0.2) is 0 Å². The van der Waals surface area contributed by atoms with E-state index in [-0.39, 0.29) is 0 Å². The number of aryl methyl sites for hydroxylation is 1. The molecule has 3 nitrogen and oxygen atoms in total. The van der Waals surface area contributed by atoms with E-state index >= 15 is 0 Å². The van der Waals surface area contributed by atoms with Crippen molar-refractivity contribution in [2.75, 3.05) is 7.11 Å². The second-order valence-corrected chi connectivity index (χ2v) is 4.95. The quantitative estimate of drug-likeness (QED) is 0.821. The monoisotopic (exact) mass is 236 g/mol. The fourth-order valence-electron chi connectivity index (χ4n) is 2.68. The van der Waals surface area contributed by atoms with E-state index < -0.39 is 0 Å². The highest BCUT2D eigenvalue weighted by Gasteiger charge is 2.26. The van der Waals surface area contributed by atoms with Crippen molar-refractivity contribution in [1.82, 2.24) is 9.88 Å². The first-order valence-electron chi connectivity index (χ1n) is 6.74. The minimum atomic E-state index is 0.410. The molecular formula is C14H24N2O. The van der Waals surface area contributed by atoms with Crippen molar-refractivity contribution in [2.24, 2.45) is 0 Å². The zero-order chi connectivity index (χ0) is 12.1. The number of nitrogens with one attached hydrogen (secondary N) is 1. The molecule has 0 aliphatic heterocycles. The summed E-state index contributed by atoms with van der Waals surface area (Å²) < 4.78 is 7.75. The zero-order valence-electron chi connectivity index (χ0n) is 11.0. The second kappa shape index (κ2) is 6.22.